The van der Waals surface area contributed by atoms with Gasteiger partial charge in [0.05, 0.1) is 35.6 Å². The van der Waals surface area contributed by atoms with E-state index >= 15 is 0 Å². The molecule has 11 heteroatoms. The van der Waals surface area contributed by atoms with Crippen LogP contribution in [0.15, 0.2) is 73.8 Å². The van der Waals surface area contributed by atoms with E-state index in [1.165, 1.54) is 25.5 Å². The molecule has 4 aromatic rings. The molecule has 0 aliphatic heterocycles. The summed E-state index contributed by atoms with van der Waals surface area (Å²) in [6.07, 6.45) is 1.35. The van der Waals surface area contributed by atoms with Crippen molar-refractivity contribution in [1.82, 2.24) is 10.4 Å². The van der Waals surface area contributed by atoms with E-state index in [1.54, 1.807) is 24.3 Å². The predicted molar refractivity (Wildman–Crippen MR) is 118 cm³/mol. The zero-order valence-electron chi connectivity index (χ0n) is 16.7. The Balaban J connectivity index is 1.34. The molecule has 0 saturated carbocycles. The van der Waals surface area contributed by atoms with Gasteiger partial charge in [0.25, 0.3) is 16.8 Å². The Labute approximate surface area is 185 Å². The SMILES string of the molecule is COc1cc([N+](=O)[O-])ccc1-c1ccc(/C=N\NC(=O)CSc2nc3ccccc3o2)o1. The maximum atomic E-state index is 12.0. The molecule has 2 aromatic heterocycles. The number of non-ortho nitro benzene ring substituents is 1. The third kappa shape index (κ3) is 4.78. The molecule has 0 radical (unpaired) electrons. The van der Waals surface area contributed by atoms with Gasteiger partial charge in [-0.05, 0) is 30.3 Å². The van der Waals surface area contributed by atoms with E-state index in [4.69, 9.17) is 13.6 Å². The van der Waals surface area contributed by atoms with Crippen LogP contribution >= 0.6 is 11.8 Å². The molecule has 0 aliphatic carbocycles. The number of thioether (sulfide) groups is 1. The normalized spacial score (nSPS) is 11.2. The fraction of sp³-hybridized carbons (Fsp3) is 0.0952. The van der Waals surface area contributed by atoms with Crippen molar-refractivity contribution in [2.75, 3.05) is 12.9 Å². The molecule has 0 spiro atoms. The first-order valence-electron chi connectivity index (χ1n) is 9.26. The minimum atomic E-state index is -0.502. The fourth-order valence-electron chi connectivity index (χ4n) is 2.80. The van der Waals surface area contributed by atoms with Crippen LogP contribution in [0.4, 0.5) is 5.69 Å². The van der Waals surface area contributed by atoms with Crippen molar-refractivity contribution in [3.8, 4) is 17.1 Å². The van der Waals surface area contributed by atoms with Gasteiger partial charge in [0.15, 0.2) is 5.58 Å². The maximum Gasteiger partial charge on any atom is 0.273 e. The topological polar surface area (TPSA) is 133 Å². The number of hydrazone groups is 1. The smallest absolute Gasteiger partial charge is 0.273 e. The Morgan fingerprint density at radius 1 is 1.25 bits per heavy atom. The number of furan rings is 1. The molecule has 0 unspecified atom stereocenters. The van der Waals surface area contributed by atoms with Gasteiger partial charge in [0, 0.05) is 6.07 Å². The standard InChI is InChI=1S/C21H16N4O6S/c1-29-19-10-13(25(27)28)6-8-15(19)17-9-7-14(30-17)11-22-24-20(26)12-32-21-23-16-4-2-3-5-18(16)31-21/h2-11H,12H2,1H3,(H,24,26)/b22-11-. The summed E-state index contributed by atoms with van der Waals surface area (Å²) < 4.78 is 16.4. The van der Waals surface area contributed by atoms with Crippen molar-refractivity contribution in [3.05, 3.63) is 70.5 Å². The lowest BCUT2D eigenvalue weighted by atomic mass is 10.1. The molecule has 32 heavy (non-hydrogen) atoms. The van der Waals surface area contributed by atoms with Crippen molar-refractivity contribution >= 4 is 40.7 Å². The van der Waals surface area contributed by atoms with Crippen molar-refractivity contribution in [2.24, 2.45) is 5.10 Å². The highest BCUT2D eigenvalue weighted by Crippen LogP contribution is 2.34. The summed E-state index contributed by atoms with van der Waals surface area (Å²) >= 11 is 1.16. The summed E-state index contributed by atoms with van der Waals surface area (Å²) in [6, 6.07) is 14.9. The van der Waals surface area contributed by atoms with Gasteiger partial charge in [-0.3, -0.25) is 14.9 Å². The Morgan fingerprint density at radius 2 is 2.09 bits per heavy atom. The number of fused-ring (bicyclic) bond motifs is 1. The monoisotopic (exact) mass is 452 g/mol. The number of hydrogen-bond acceptors (Lipinski definition) is 9. The van der Waals surface area contributed by atoms with Crippen LogP contribution in [-0.2, 0) is 4.79 Å². The molecule has 162 valence electrons. The van der Waals surface area contributed by atoms with E-state index in [-0.39, 0.29) is 17.3 Å². The average Bonchev–Trinajstić information content (AvgIpc) is 3.44. The molecule has 0 saturated heterocycles. The summed E-state index contributed by atoms with van der Waals surface area (Å²) in [6.45, 7) is 0. The van der Waals surface area contributed by atoms with Crippen molar-refractivity contribution in [3.63, 3.8) is 0 Å². The number of oxazole rings is 1. The van der Waals surface area contributed by atoms with Gasteiger partial charge in [-0.1, -0.05) is 23.9 Å². The van der Waals surface area contributed by atoms with E-state index < -0.39 is 4.92 Å². The quantitative estimate of drug-likeness (QED) is 0.182. The van der Waals surface area contributed by atoms with Gasteiger partial charge < -0.3 is 13.6 Å². The third-order valence-corrected chi connectivity index (χ3v) is 5.10. The largest absolute Gasteiger partial charge is 0.496 e. The molecule has 0 atom stereocenters. The predicted octanol–water partition coefficient (Wildman–Crippen LogP) is 4.25. The Hall–Kier alpha value is -4.12. The number of carbonyl (C=O) groups excluding carboxylic acids is 1. The second-order valence-electron chi connectivity index (χ2n) is 6.37. The molecule has 0 aliphatic rings. The van der Waals surface area contributed by atoms with Crippen LogP contribution in [0.5, 0.6) is 5.75 Å². The molecule has 2 aromatic carbocycles. The zero-order chi connectivity index (χ0) is 22.5. The van der Waals surface area contributed by atoms with E-state index in [0.29, 0.717) is 33.6 Å². The Kier molecular flexibility index (Phi) is 6.17. The highest BCUT2D eigenvalue weighted by molar-refractivity contribution is 7.99. The summed E-state index contributed by atoms with van der Waals surface area (Å²) in [7, 11) is 1.42. The average molecular weight is 452 g/mol. The first kappa shape index (κ1) is 21.1. The number of benzene rings is 2. The lowest BCUT2D eigenvalue weighted by Crippen LogP contribution is -2.19. The molecular weight excluding hydrogens is 436 g/mol. The zero-order valence-corrected chi connectivity index (χ0v) is 17.5. The molecule has 2 heterocycles. The summed E-state index contributed by atoms with van der Waals surface area (Å²) in [5, 5.41) is 15.2. The van der Waals surface area contributed by atoms with Gasteiger partial charge in [0.1, 0.15) is 22.8 Å². The van der Waals surface area contributed by atoms with E-state index in [9.17, 15) is 14.9 Å². The van der Waals surface area contributed by atoms with E-state index in [1.807, 2.05) is 18.2 Å². The number of rotatable bonds is 8. The summed E-state index contributed by atoms with van der Waals surface area (Å²) in [5.41, 5.74) is 4.26. The van der Waals surface area contributed by atoms with Crippen LogP contribution in [-0.4, -0.2) is 34.9 Å². The first-order valence-corrected chi connectivity index (χ1v) is 10.2. The van der Waals surface area contributed by atoms with Crippen LogP contribution < -0.4 is 10.2 Å². The van der Waals surface area contributed by atoms with Crippen LogP contribution in [0.2, 0.25) is 0 Å². The molecular formula is C21H16N4O6S. The lowest BCUT2D eigenvalue weighted by molar-refractivity contribution is -0.384. The number of methoxy groups -OCH3 is 1. The molecule has 10 nitrogen and oxygen atoms in total. The van der Waals surface area contributed by atoms with Crippen molar-refractivity contribution < 1.29 is 23.3 Å². The number of nitro benzene ring substituents is 1. The number of para-hydroxylation sites is 2. The number of nitro groups is 1. The van der Waals surface area contributed by atoms with Gasteiger partial charge in [-0.15, -0.1) is 0 Å². The molecule has 4 rings (SSSR count). The minimum absolute atomic E-state index is 0.0769. The van der Waals surface area contributed by atoms with Gasteiger partial charge >= 0.3 is 0 Å². The van der Waals surface area contributed by atoms with Crippen molar-refractivity contribution in [2.45, 2.75) is 5.22 Å². The Morgan fingerprint density at radius 3 is 2.88 bits per heavy atom. The third-order valence-electron chi connectivity index (χ3n) is 4.27. The number of ether oxygens (including phenoxy) is 1. The summed E-state index contributed by atoms with van der Waals surface area (Å²) in [4.78, 5) is 26.7. The van der Waals surface area contributed by atoms with Gasteiger partial charge in [-0.2, -0.15) is 5.10 Å². The van der Waals surface area contributed by atoms with Gasteiger partial charge in [-0.25, -0.2) is 10.4 Å². The number of nitrogens with one attached hydrogen (secondary N) is 1. The number of nitrogens with zero attached hydrogens (tertiary/aromatic N) is 3. The fourth-order valence-corrected chi connectivity index (χ4v) is 3.43. The van der Waals surface area contributed by atoms with Crippen LogP contribution in [0.25, 0.3) is 22.4 Å². The number of amides is 1. The number of hydrogen-bond donors (Lipinski definition) is 1. The minimum Gasteiger partial charge on any atom is -0.496 e. The Bertz CT molecular complexity index is 1280. The number of carbonyl (C=O) groups is 1. The molecule has 1 amide bonds. The van der Waals surface area contributed by atoms with Crippen LogP contribution in [0.3, 0.4) is 0 Å². The van der Waals surface area contributed by atoms with E-state index in [2.05, 4.69) is 15.5 Å². The highest BCUT2D eigenvalue weighted by Gasteiger charge is 2.15. The second kappa shape index (κ2) is 9.35. The lowest BCUT2D eigenvalue weighted by Gasteiger charge is -2.05. The maximum absolute atomic E-state index is 12.0. The number of aromatic nitrogens is 1. The second-order valence-corrected chi connectivity index (χ2v) is 7.30. The van der Waals surface area contributed by atoms with E-state index in [0.717, 1.165) is 17.3 Å². The molecule has 0 bridgehead atoms. The van der Waals surface area contributed by atoms with Crippen molar-refractivity contribution in [1.29, 1.82) is 0 Å². The first-order chi connectivity index (χ1) is 15.5. The van der Waals surface area contributed by atoms with Gasteiger partial charge in [0.2, 0.25) is 0 Å². The molecule has 1 N–H and O–H groups in total. The molecule has 0 fully saturated rings. The summed E-state index contributed by atoms with van der Waals surface area (Å²) in [5.74, 6) is 0.871. The van der Waals surface area contributed by atoms with Crippen LogP contribution in [0, 0.1) is 10.1 Å². The highest BCUT2D eigenvalue weighted by atomic mass is 32.2. The van der Waals surface area contributed by atoms with Crippen LogP contribution in [0.1, 0.15) is 5.76 Å².